The smallest absolute Gasteiger partial charge is 0.0939 e. The molecule has 1 aromatic rings. The molecule has 2 rings (SSSR count). The maximum atomic E-state index is 10.7. The van der Waals surface area contributed by atoms with Crippen LogP contribution in [0.25, 0.3) is 0 Å². The number of rotatable bonds is 4. The van der Waals surface area contributed by atoms with Crippen LogP contribution >= 0.6 is 23.2 Å². The number of aliphatic hydroxyl groups excluding tert-OH is 1. The summed E-state index contributed by atoms with van der Waals surface area (Å²) in [6, 6.07) is 5.43. The van der Waals surface area contributed by atoms with Crippen molar-refractivity contribution in [1.82, 2.24) is 0 Å². The lowest BCUT2D eigenvalue weighted by molar-refractivity contribution is -0.111. The summed E-state index contributed by atoms with van der Waals surface area (Å²) in [4.78, 5) is 0. The summed E-state index contributed by atoms with van der Waals surface area (Å²) in [6.45, 7) is 0. The molecule has 0 spiro atoms. The van der Waals surface area contributed by atoms with Crippen LogP contribution in [0.15, 0.2) is 18.2 Å². The maximum Gasteiger partial charge on any atom is 0.0939 e. The monoisotopic (exact) mass is 316 g/mol. The van der Waals surface area contributed by atoms with E-state index in [2.05, 4.69) is 0 Å². The van der Waals surface area contributed by atoms with E-state index in [1.165, 1.54) is 12.8 Å². The van der Waals surface area contributed by atoms with Crippen LogP contribution in [0.3, 0.4) is 0 Å². The van der Waals surface area contributed by atoms with E-state index in [0.29, 0.717) is 16.5 Å². The minimum Gasteiger partial charge on any atom is -0.390 e. The standard InChI is InChI=1S/C16H22Cl2O2/c1-20-16(9-4-2-3-5-10-16)15(19)11-12-13(17)7-6-8-14(12)18/h6-8,15,19H,2-5,9-11H2,1H3. The van der Waals surface area contributed by atoms with Crippen LogP contribution in [0.5, 0.6) is 0 Å². The summed E-state index contributed by atoms with van der Waals surface area (Å²) in [5.41, 5.74) is 0.350. The number of aliphatic hydroxyl groups is 1. The average Bonchev–Trinajstić information content (AvgIpc) is 2.69. The third kappa shape index (κ3) is 3.48. The Bertz CT molecular complexity index is 420. The maximum absolute atomic E-state index is 10.7. The number of hydrogen-bond acceptors (Lipinski definition) is 2. The Balaban J connectivity index is 2.18. The summed E-state index contributed by atoms with van der Waals surface area (Å²) in [5, 5.41) is 11.9. The average molecular weight is 317 g/mol. The van der Waals surface area contributed by atoms with E-state index in [0.717, 1.165) is 31.2 Å². The van der Waals surface area contributed by atoms with Gasteiger partial charge in [-0.05, 0) is 30.5 Å². The van der Waals surface area contributed by atoms with E-state index in [1.54, 1.807) is 7.11 Å². The minimum absolute atomic E-state index is 0.437. The molecule has 2 nitrogen and oxygen atoms in total. The van der Waals surface area contributed by atoms with Crippen molar-refractivity contribution in [1.29, 1.82) is 0 Å². The molecule has 1 aromatic carbocycles. The van der Waals surface area contributed by atoms with Gasteiger partial charge in [0.2, 0.25) is 0 Å². The van der Waals surface area contributed by atoms with E-state index in [9.17, 15) is 5.11 Å². The molecular formula is C16H22Cl2O2. The molecule has 0 amide bonds. The van der Waals surface area contributed by atoms with Gasteiger partial charge in [-0.15, -0.1) is 0 Å². The van der Waals surface area contributed by atoms with Crippen molar-refractivity contribution in [3.05, 3.63) is 33.8 Å². The third-order valence-corrected chi connectivity index (χ3v) is 5.13. The van der Waals surface area contributed by atoms with Crippen molar-refractivity contribution in [2.24, 2.45) is 0 Å². The van der Waals surface area contributed by atoms with Gasteiger partial charge in [0.25, 0.3) is 0 Å². The molecule has 0 aromatic heterocycles. The van der Waals surface area contributed by atoms with Gasteiger partial charge in [-0.25, -0.2) is 0 Å². The molecule has 4 heteroatoms. The molecule has 1 aliphatic carbocycles. The van der Waals surface area contributed by atoms with Crippen molar-refractivity contribution >= 4 is 23.2 Å². The Morgan fingerprint density at radius 1 is 1.15 bits per heavy atom. The van der Waals surface area contributed by atoms with Crippen LogP contribution in [0.4, 0.5) is 0 Å². The fourth-order valence-electron chi connectivity index (χ4n) is 3.11. The molecule has 1 atom stereocenters. The van der Waals surface area contributed by atoms with Crippen LogP contribution < -0.4 is 0 Å². The highest BCUT2D eigenvalue weighted by molar-refractivity contribution is 6.36. The molecule has 0 saturated heterocycles. The van der Waals surface area contributed by atoms with Crippen molar-refractivity contribution in [3.63, 3.8) is 0 Å². The lowest BCUT2D eigenvalue weighted by atomic mass is 9.85. The summed E-state index contributed by atoms with van der Waals surface area (Å²) in [7, 11) is 1.70. The number of benzene rings is 1. The number of hydrogen-bond donors (Lipinski definition) is 1. The largest absolute Gasteiger partial charge is 0.390 e. The summed E-state index contributed by atoms with van der Waals surface area (Å²) >= 11 is 12.4. The molecule has 0 bridgehead atoms. The van der Waals surface area contributed by atoms with Crippen molar-refractivity contribution < 1.29 is 9.84 Å². The van der Waals surface area contributed by atoms with Crippen molar-refractivity contribution in [2.75, 3.05) is 7.11 Å². The fraction of sp³-hybridized carbons (Fsp3) is 0.625. The number of halogens is 2. The summed E-state index contributed by atoms with van der Waals surface area (Å²) in [5.74, 6) is 0. The molecule has 1 aliphatic rings. The van der Waals surface area contributed by atoms with Gasteiger partial charge in [-0.1, -0.05) is 55.0 Å². The van der Waals surface area contributed by atoms with Gasteiger partial charge >= 0.3 is 0 Å². The van der Waals surface area contributed by atoms with Gasteiger partial charge in [-0.2, -0.15) is 0 Å². The quantitative estimate of drug-likeness (QED) is 0.820. The normalized spacial score (nSPS) is 20.4. The lowest BCUT2D eigenvalue weighted by Crippen LogP contribution is -2.45. The highest BCUT2D eigenvalue weighted by Crippen LogP contribution is 2.36. The highest BCUT2D eigenvalue weighted by Gasteiger charge is 2.38. The molecular weight excluding hydrogens is 295 g/mol. The molecule has 20 heavy (non-hydrogen) atoms. The van der Waals surface area contributed by atoms with Crippen LogP contribution in [0.1, 0.15) is 44.1 Å². The Morgan fingerprint density at radius 2 is 1.70 bits per heavy atom. The van der Waals surface area contributed by atoms with Gasteiger partial charge in [0, 0.05) is 23.6 Å². The Hall–Kier alpha value is -0.280. The van der Waals surface area contributed by atoms with E-state index >= 15 is 0 Å². The minimum atomic E-state index is -0.581. The first-order chi connectivity index (χ1) is 9.59. The molecule has 0 heterocycles. The van der Waals surface area contributed by atoms with Crippen LogP contribution in [-0.2, 0) is 11.2 Å². The molecule has 112 valence electrons. The van der Waals surface area contributed by atoms with E-state index in [4.69, 9.17) is 27.9 Å². The first-order valence-electron chi connectivity index (χ1n) is 7.25. The molecule has 0 aliphatic heterocycles. The first kappa shape index (κ1) is 16.1. The second-order valence-electron chi connectivity index (χ2n) is 5.60. The van der Waals surface area contributed by atoms with E-state index < -0.39 is 11.7 Å². The Kier molecular flexibility index (Phi) is 5.74. The second-order valence-corrected chi connectivity index (χ2v) is 6.42. The Morgan fingerprint density at radius 3 is 2.20 bits per heavy atom. The second kappa shape index (κ2) is 7.13. The zero-order valence-electron chi connectivity index (χ0n) is 11.9. The lowest BCUT2D eigenvalue weighted by Gasteiger charge is -2.36. The highest BCUT2D eigenvalue weighted by atomic mass is 35.5. The third-order valence-electron chi connectivity index (χ3n) is 4.42. The van der Waals surface area contributed by atoms with Crippen LogP contribution in [0, 0.1) is 0 Å². The molecule has 1 N–H and O–H groups in total. The molecule has 0 radical (unpaired) electrons. The molecule has 1 saturated carbocycles. The van der Waals surface area contributed by atoms with Crippen molar-refractivity contribution in [3.8, 4) is 0 Å². The molecule has 1 fully saturated rings. The fourth-order valence-corrected chi connectivity index (χ4v) is 3.66. The number of ether oxygens (including phenoxy) is 1. The van der Waals surface area contributed by atoms with Crippen LogP contribution in [0.2, 0.25) is 10.0 Å². The first-order valence-corrected chi connectivity index (χ1v) is 8.01. The SMILES string of the molecule is COC1(C(O)Cc2c(Cl)cccc2Cl)CCCCCC1. The van der Waals surface area contributed by atoms with Gasteiger partial charge in [-0.3, -0.25) is 0 Å². The summed E-state index contributed by atoms with van der Waals surface area (Å²) in [6.07, 6.45) is 6.27. The predicted octanol–water partition coefficient (Wildman–Crippen LogP) is 4.64. The topological polar surface area (TPSA) is 29.5 Å². The Labute approximate surface area is 131 Å². The van der Waals surface area contributed by atoms with E-state index in [-0.39, 0.29) is 0 Å². The summed E-state index contributed by atoms with van der Waals surface area (Å²) < 4.78 is 5.74. The molecule has 1 unspecified atom stereocenters. The number of methoxy groups -OCH3 is 1. The van der Waals surface area contributed by atoms with Gasteiger partial charge in [0.05, 0.1) is 11.7 Å². The van der Waals surface area contributed by atoms with Crippen LogP contribution in [-0.4, -0.2) is 23.9 Å². The van der Waals surface area contributed by atoms with Gasteiger partial charge in [0.15, 0.2) is 0 Å². The van der Waals surface area contributed by atoms with Gasteiger partial charge < -0.3 is 9.84 Å². The zero-order chi connectivity index (χ0) is 14.6. The van der Waals surface area contributed by atoms with E-state index in [1.807, 2.05) is 18.2 Å². The predicted molar refractivity (Wildman–Crippen MR) is 83.6 cm³/mol. The van der Waals surface area contributed by atoms with Crippen molar-refractivity contribution in [2.45, 2.75) is 56.7 Å². The van der Waals surface area contributed by atoms with Gasteiger partial charge in [0.1, 0.15) is 0 Å². The zero-order valence-corrected chi connectivity index (χ0v) is 13.4.